The van der Waals surface area contributed by atoms with Crippen molar-refractivity contribution >= 4 is 5.97 Å². The fraction of sp³-hybridized carbons (Fsp3) is 0.947. The number of carboxylic acids is 1. The zero-order valence-electron chi connectivity index (χ0n) is 15.7. The zero-order valence-corrected chi connectivity index (χ0v) is 15.7. The SMILES string of the molecule is CCCCCCCCC(CCC(=O)O)C(CC)(OCC)OCC. The molecule has 0 aromatic heterocycles. The number of aliphatic carboxylic acids is 1. The lowest BCUT2D eigenvalue weighted by atomic mass is 9.86. The molecule has 0 aromatic carbocycles. The van der Waals surface area contributed by atoms with E-state index in [0.29, 0.717) is 19.6 Å². The Morgan fingerprint density at radius 2 is 1.48 bits per heavy atom. The summed E-state index contributed by atoms with van der Waals surface area (Å²) in [5.41, 5.74) is 0. The lowest BCUT2D eigenvalue weighted by molar-refractivity contribution is -0.267. The third-order valence-electron chi connectivity index (χ3n) is 4.50. The first-order valence-electron chi connectivity index (χ1n) is 9.55. The van der Waals surface area contributed by atoms with Crippen molar-refractivity contribution in [3.63, 3.8) is 0 Å². The van der Waals surface area contributed by atoms with Gasteiger partial charge in [-0.1, -0.05) is 52.4 Å². The molecule has 0 aliphatic heterocycles. The van der Waals surface area contributed by atoms with E-state index in [1.807, 2.05) is 13.8 Å². The highest BCUT2D eigenvalue weighted by atomic mass is 16.7. The molecule has 0 saturated heterocycles. The molecular weight excluding hydrogens is 292 g/mol. The van der Waals surface area contributed by atoms with Crippen LogP contribution in [0, 0.1) is 5.92 Å². The first-order valence-corrected chi connectivity index (χ1v) is 9.55. The third-order valence-corrected chi connectivity index (χ3v) is 4.50. The molecule has 0 aromatic rings. The maximum Gasteiger partial charge on any atom is 0.303 e. The summed E-state index contributed by atoms with van der Waals surface area (Å²) < 4.78 is 12.0. The summed E-state index contributed by atoms with van der Waals surface area (Å²) in [4.78, 5) is 11.0. The van der Waals surface area contributed by atoms with E-state index in [1.165, 1.54) is 32.1 Å². The van der Waals surface area contributed by atoms with Gasteiger partial charge in [0, 0.05) is 25.6 Å². The molecule has 0 aliphatic rings. The summed E-state index contributed by atoms with van der Waals surface area (Å²) in [7, 11) is 0. The zero-order chi connectivity index (χ0) is 17.6. The van der Waals surface area contributed by atoms with Gasteiger partial charge in [-0.2, -0.15) is 0 Å². The van der Waals surface area contributed by atoms with E-state index in [4.69, 9.17) is 14.6 Å². The van der Waals surface area contributed by atoms with Gasteiger partial charge in [-0.15, -0.1) is 0 Å². The number of rotatable bonds is 16. The molecule has 4 heteroatoms. The monoisotopic (exact) mass is 330 g/mol. The van der Waals surface area contributed by atoms with Crippen molar-refractivity contribution < 1.29 is 19.4 Å². The van der Waals surface area contributed by atoms with E-state index in [2.05, 4.69) is 13.8 Å². The molecule has 0 bridgehead atoms. The Hall–Kier alpha value is -0.610. The number of carboxylic acid groups (broad SMARTS) is 1. The Morgan fingerprint density at radius 1 is 0.913 bits per heavy atom. The van der Waals surface area contributed by atoms with Gasteiger partial charge < -0.3 is 14.6 Å². The maximum atomic E-state index is 11.0. The minimum absolute atomic E-state index is 0.148. The molecule has 1 unspecified atom stereocenters. The van der Waals surface area contributed by atoms with Crippen molar-refractivity contribution in [2.75, 3.05) is 13.2 Å². The Morgan fingerprint density at radius 3 is 1.96 bits per heavy atom. The molecule has 0 spiro atoms. The van der Waals surface area contributed by atoms with Crippen LogP contribution in [-0.2, 0) is 14.3 Å². The summed E-state index contributed by atoms with van der Waals surface area (Å²) in [5, 5.41) is 9.05. The number of hydrogen-bond donors (Lipinski definition) is 1. The molecule has 138 valence electrons. The van der Waals surface area contributed by atoms with Crippen LogP contribution < -0.4 is 0 Å². The van der Waals surface area contributed by atoms with Crippen LogP contribution in [0.1, 0.15) is 91.9 Å². The summed E-state index contributed by atoms with van der Waals surface area (Å²) in [6.45, 7) is 9.43. The van der Waals surface area contributed by atoms with E-state index in [1.54, 1.807) is 0 Å². The summed E-state index contributed by atoms with van der Waals surface area (Å²) in [5.74, 6) is -1.21. The number of ether oxygens (including phenoxy) is 2. The molecule has 0 radical (unpaired) electrons. The Balaban J connectivity index is 4.68. The van der Waals surface area contributed by atoms with Gasteiger partial charge in [-0.25, -0.2) is 0 Å². The Bertz CT molecular complexity index is 285. The van der Waals surface area contributed by atoms with Crippen LogP contribution in [-0.4, -0.2) is 30.1 Å². The van der Waals surface area contributed by atoms with Crippen molar-refractivity contribution in [1.82, 2.24) is 0 Å². The van der Waals surface area contributed by atoms with Crippen LogP contribution >= 0.6 is 0 Å². The average Bonchev–Trinajstić information content (AvgIpc) is 2.53. The van der Waals surface area contributed by atoms with Gasteiger partial charge in [0.1, 0.15) is 0 Å². The van der Waals surface area contributed by atoms with Gasteiger partial charge in [0.2, 0.25) is 0 Å². The minimum Gasteiger partial charge on any atom is -0.481 e. The second-order valence-electron chi connectivity index (χ2n) is 6.22. The number of carbonyl (C=O) groups is 1. The Labute approximate surface area is 142 Å². The predicted octanol–water partition coefficient (Wildman–Crippen LogP) is 5.40. The standard InChI is InChI=1S/C19H38O4/c1-5-9-10-11-12-13-14-17(15-16-18(20)21)19(6-2,22-7-3)23-8-4/h17H,5-16H2,1-4H3,(H,20,21). The molecule has 4 nitrogen and oxygen atoms in total. The summed E-state index contributed by atoms with van der Waals surface area (Å²) in [6.07, 6.45) is 10.0. The molecular formula is C19H38O4. The van der Waals surface area contributed by atoms with Crippen molar-refractivity contribution in [2.24, 2.45) is 5.92 Å². The van der Waals surface area contributed by atoms with Gasteiger partial charge in [-0.05, 0) is 33.1 Å². The largest absolute Gasteiger partial charge is 0.481 e. The lowest BCUT2D eigenvalue weighted by Crippen LogP contribution is -2.43. The highest BCUT2D eigenvalue weighted by molar-refractivity contribution is 5.66. The molecule has 0 saturated carbocycles. The third kappa shape index (κ3) is 9.31. The maximum absolute atomic E-state index is 11.0. The highest BCUT2D eigenvalue weighted by Gasteiger charge is 2.38. The number of unbranched alkanes of at least 4 members (excludes halogenated alkanes) is 5. The van der Waals surface area contributed by atoms with E-state index < -0.39 is 11.8 Å². The van der Waals surface area contributed by atoms with E-state index in [9.17, 15) is 4.79 Å². The van der Waals surface area contributed by atoms with Gasteiger partial charge in [0.25, 0.3) is 0 Å². The first-order chi connectivity index (χ1) is 11.1. The van der Waals surface area contributed by atoms with Gasteiger partial charge in [0.15, 0.2) is 5.79 Å². The van der Waals surface area contributed by atoms with Crippen LogP contribution in [0.4, 0.5) is 0 Å². The summed E-state index contributed by atoms with van der Waals surface area (Å²) >= 11 is 0. The quantitative estimate of drug-likeness (QED) is 0.304. The molecule has 1 N–H and O–H groups in total. The van der Waals surface area contributed by atoms with Crippen molar-refractivity contribution in [1.29, 1.82) is 0 Å². The summed E-state index contributed by atoms with van der Waals surface area (Å²) in [6, 6.07) is 0. The lowest BCUT2D eigenvalue weighted by Gasteiger charge is -2.39. The molecule has 0 rings (SSSR count). The van der Waals surface area contributed by atoms with Gasteiger partial charge in [-0.3, -0.25) is 4.79 Å². The second kappa shape index (κ2) is 13.8. The average molecular weight is 331 g/mol. The van der Waals surface area contributed by atoms with Crippen LogP contribution in [0.15, 0.2) is 0 Å². The normalized spacial score (nSPS) is 13.2. The molecule has 0 amide bonds. The van der Waals surface area contributed by atoms with Gasteiger partial charge >= 0.3 is 5.97 Å². The van der Waals surface area contributed by atoms with Crippen molar-refractivity contribution in [3.8, 4) is 0 Å². The highest BCUT2D eigenvalue weighted by Crippen LogP contribution is 2.35. The smallest absolute Gasteiger partial charge is 0.303 e. The minimum atomic E-state index is -0.740. The second-order valence-corrected chi connectivity index (χ2v) is 6.22. The molecule has 23 heavy (non-hydrogen) atoms. The topological polar surface area (TPSA) is 55.8 Å². The van der Waals surface area contributed by atoms with E-state index >= 15 is 0 Å². The Kier molecular flexibility index (Phi) is 13.4. The van der Waals surface area contributed by atoms with Crippen LogP contribution in [0.25, 0.3) is 0 Å². The molecule has 1 atom stereocenters. The fourth-order valence-corrected chi connectivity index (χ4v) is 3.31. The van der Waals surface area contributed by atoms with Gasteiger partial charge in [0.05, 0.1) is 0 Å². The molecule has 0 aliphatic carbocycles. The van der Waals surface area contributed by atoms with Crippen LogP contribution in [0.5, 0.6) is 0 Å². The van der Waals surface area contributed by atoms with E-state index in [-0.39, 0.29) is 12.3 Å². The first kappa shape index (κ1) is 22.4. The fourth-order valence-electron chi connectivity index (χ4n) is 3.31. The van der Waals surface area contributed by atoms with Crippen LogP contribution in [0.3, 0.4) is 0 Å². The van der Waals surface area contributed by atoms with E-state index in [0.717, 1.165) is 19.3 Å². The molecule has 0 heterocycles. The molecule has 0 fully saturated rings. The number of hydrogen-bond acceptors (Lipinski definition) is 3. The predicted molar refractivity (Wildman–Crippen MR) is 94.6 cm³/mol. The van der Waals surface area contributed by atoms with Crippen molar-refractivity contribution in [2.45, 2.75) is 97.7 Å². The van der Waals surface area contributed by atoms with Crippen molar-refractivity contribution in [3.05, 3.63) is 0 Å². The van der Waals surface area contributed by atoms with Crippen LogP contribution in [0.2, 0.25) is 0 Å².